The third kappa shape index (κ3) is 25.1. The van der Waals surface area contributed by atoms with Crippen molar-refractivity contribution in [3.63, 3.8) is 0 Å². The van der Waals surface area contributed by atoms with Gasteiger partial charge < -0.3 is 53.4 Å². The van der Waals surface area contributed by atoms with E-state index in [9.17, 15) is 34.5 Å². The van der Waals surface area contributed by atoms with Gasteiger partial charge in [0.15, 0.2) is 5.95 Å². The molecule has 76 heavy (non-hydrogen) atoms. The number of aliphatic hydroxyl groups excluding tert-OH is 3. The van der Waals surface area contributed by atoms with Gasteiger partial charge in [0.1, 0.15) is 24.3 Å². The minimum absolute atomic E-state index is 0.135. The van der Waals surface area contributed by atoms with Crippen molar-refractivity contribution in [2.45, 2.75) is 182 Å². The minimum atomic E-state index is -0.945. The van der Waals surface area contributed by atoms with Crippen LogP contribution in [-0.2, 0) is 52.3 Å². The molecule has 0 saturated heterocycles. The Kier molecular flexibility index (Phi) is 33.8. The number of rotatable bonds is 23. The number of methoxy groups -OCH3 is 3. The highest BCUT2D eigenvalue weighted by molar-refractivity contribution is 5.76. The minimum Gasteiger partial charge on any atom is -0.538 e. The van der Waals surface area contributed by atoms with E-state index < -0.39 is 84.4 Å². The van der Waals surface area contributed by atoms with Gasteiger partial charge in [-0.3, -0.25) is 29.0 Å². The van der Waals surface area contributed by atoms with Gasteiger partial charge in [-0.25, -0.2) is 0 Å². The van der Waals surface area contributed by atoms with Gasteiger partial charge in [0.2, 0.25) is 6.41 Å². The number of carbonyl (C=O) groups excluding carboxylic acids is 4. The fraction of sp³-hybridized carbons (Fsp3) is 0.746. The summed E-state index contributed by atoms with van der Waals surface area (Å²) >= 11 is 0. The van der Waals surface area contributed by atoms with Crippen molar-refractivity contribution in [3.05, 3.63) is 66.7 Å². The second kappa shape index (κ2) is 36.8. The molecule has 0 radical (unpaired) electrons. The number of carbonyl (C=O) groups is 4. The zero-order valence-electron chi connectivity index (χ0n) is 49.6. The van der Waals surface area contributed by atoms with Crippen LogP contribution in [0.1, 0.15) is 121 Å². The Hall–Kier alpha value is -4.23. The summed E-state index contributed by atoms with van der Waals surface area (Å²) in [6.45, 7) is 18.9. The number of likely N-dealkylation sites (N-methyl/N-ethyl adjacent to an activating group) is 2. The molecule has 1 rings (SSSR count). The lowest BCUT2D eigenvalue weighted by Gasteiger charge is -2.36. The van der Waals surface area contributed by atoms with Gasteiger partial charge >= 0.3 is 17.9 Å². The number of allylic oxidation sites excluding steroid dienone is 3. The van der Waals surface area contributed by atoms with Gasteiger partial charge in [0, 0.05) is 71.6 Å². The number of nitrogens with zero attached hydrogens (tertiary/aromatic N) is 3. The van der Waals surface area contributed by atoms with E-state index in [-0.39, 0.29) is 54.9 Å². The zero-order valence-corrected chi connectivity index (χ0v) is 49.6. The average molecular weight is 1080 g/mol. The highest BCUT2D eigenvalue weighted by Gasteiger charge is 2.37. The molecule has 17 heteroatoms. The Morgan fingerprint density at radius 1 is 0.895 bits per heavy atom. The summed E-state index contributed by atoms with van der Waals surface area (Å²) in [5.74, 6) is -3.83. The molecule has 1 aliphatic heterocycles. The highest BCUT2D eigenvalue weighted by Crippen LogP contribution is 2.32. The predicted molar refractivity (Wildman–Crippen MR) is 297 cm³/mol. The van der Waals surface area contributed by atoms with Crippen LogP contribution in [0.5, 0.6) is 0 Å². The summed E-state index contributed by atoms with van der Waals surface area (Å²) in [5.41, 5.74) is 1.11. The Morgan fingerprint density at radius 2 is 1.57 bits per heavy atom. The lowest BCUT2D eigenvalue weighted by Crippen LogP contribution is -2.44. The number of amides is 1. The summed E-state index contributed by atoms with van der Waals surface area (Å²) in [4.78, 5) is 55.6. The third-order valence-electron chi connectivity index (χ3n) is 15.2. The maximum Gasteiger partial charge on any atom is 0.326 e. The summed E-state index contributed by atoms with van der Waals surface area (Å²) in [7, 11) is 13.6. The molecular formula is C59H102N3O14-. The van der Waals surface area contributed by atoms with Crippen LogP contribution in [0.3, 0.4) is 0 Å². The predicted octanol–water partition coefficient (Wildman–Crippen LogP) is 8.26. The molecule has 1 heterocycles. The second-order valence-corrected chi connectivity index (χ2v) is 21.9. The van der Waals surface area contributed by atoms with E-state index in [0.717, 1.165) is 18.4 Å². The Bertz CT molecular complexity index is 1840. The molecule has 0 fully saturated rings. The molecule has 0 bridgehead atoms. The van der Waals surface area contributed by atoms with Crippen molar-refractivity contribution >= 4 is 24.3 Å². The Balaban J connectivity index is 3.69. The molecule has 17 atom stereocenters. The van der Waals surface area contributed by atoms with Gasteiger partial charge in [-0.05, 0) is 110 Å². The zero-order chi connectivity index (χ0) is 57.8. The topological polar surface area (TPSA) is 203 Å². The Morgan fingerprint density at radius 3 is 2.14 bits per heavy atom. The maximum absolute atomic E-state index is 13.5. The monoisotopic (exact) mass is 1080 g/mol. The van der Waals surface area contributed by atoms with E-state index in [1.807, 2.05) is 59.8 Å². The molecule has 438 valence electrons. The number of aliphatic hydroxyl groups is 3. The number of ether oxygens (including phenoxy) is 7. The van der Waals surface area contributed by atoms with E-state index >= 15 is 0 Å². The van der Waals surface area contributed by atoms with Crippen LogP contribution < -0.4 is 0 Å². The Labute approximate surface area is 458 Å². The molecule has 0 aromatic heterocycles. The molecule has 0 aromatic rings. The first-order chi connectivity index (χ1) is 35.7. The van der Waals surface area contributed by atoms with Crippen LogP contribution in [0.2, 0.25) is 0 Å². The molecular weight excluding hydrogens is 975 g/mol. The maximum atomic E-state index is 13.5. The lowest BCUT2D eigenvalue weighted by atomic mass is 9.82. The quantitative estimate of drug-likeness (QED) is 0.0290. The van der Waals surface area contributed by atoms with E-state index in [1.54, 1.807) is 91.0 Å². The normalized spacial score (nSPS) is 28.9. The second-order valence-electron chi connectivity index (χ2n) is 21.9. The molecule has 1 aliphatic rings. The fourth-order valence-electron chi connectivity index (χ4n) is 9.40. The molecule has 0 aliphatic carbocycles. The van der Waals surface area contributed by atoms with Gasteiger partial charge in [0.05, 0.1) is 43.2 Å². The average Bonchev–Trinajstić information content (AvgIpc) is 3.38. The van der Waals surface area contributed by atoms with Crippen molar-refractivity contribution in [2.24, 2.45) is 41.4 Å². The van der Waals surface area contributed by atoms with Crippen LogP contribution in [0.15, 0.2) is 60.3 Å². The van der Waals surface area contributed by atoms with Crippen molar-refractivity contribution in [3.8, 4) is 0 Å². The van der Waals surface area contributed by atoms with E-state index in [1.165, 1.54) is 25.0 Å². The van der Waals surface area contributed by atoms with E-state index in [2.05, 4.69) is 19.9 Å². The van der Waals surface area contributed by atoms with Crippen LogP contribution in [0.4, 0.5) is 0 Å². The summed E-state index contributed by atoms with van der Waals surface area (Å²) in [5, 5.41) is 35.1. The van der Waals surface area contributed by atoms with Crippen molar-refractivity contribution in [2.75, 3.05) is 63.2 Å². The number of hydrogen-bond donors (Lipinski definition) is 3. The third-order valence-corrected chi connectivity index (χ3v) is 15.2. The van der Waals surface area contributed by atoms with Gasteiger partial charge in [-0.1, -0.05) is 78.8 Å². The van der Waals surface area contributed by atoms with Gasteiger partial charge in [0.25, 0.3) is 0 Å². The molecule has 1 amide bonds. The molecule has 0 spiro atoms. The first kappa shape index (κ1) is 69.8. The first-order valence-electron chi connectivity index (χ1n) is 27.3. The summed E-state index contributed by atoms with van der Waals surface area (Å²) in [6.07, 6.45) is 16.1. The molecule has 0 saturated carbocycles. The standard InChI is InChI=1S/C59H102N3O14/c1-38-27-28-39(2)50(72-18)31-29-40(3)56(67)44(7)52(76-59(69)49(36-70-16)61(13)14)24-20-19-21-26-54(65)74-51(25-22-23-48(35-38)71-17)43(6)55(66)41(4)30-32-53(75-58(68)46(9)60(11)12)45(8)57(73-47(10)64)42(5)33-34-62(15)37-63/h19-23,26,28,33-34,37-38,40-46,48-53,55-57,65-67H,24-25,27,29-32,35-36H2,1-18H3/q-1/b20-19+,23-22+,34-33+,39-28+,54-26+/t38-,40-,41+,42-,43-,44-,45+,46+,48+,49+,50+,51+,52-,53-,55+,56-,57-/m1/s1. The van der Waals surface area contributed by atoms with Crippen LogP contribution in [0, 0.1) is 47.8 Å². The number of esters is 3. The number of hydrogen-bond acceptors (Lipinski definition) is 16. The first-order valence-corrected chi connectivity index (χ1v) is 27.3. The summed E-state index contributed by atoms with van der Waals surface area (Å²) < 4.78 is 41.6. The van der Waals surface area contributed by atoms with Crippen LogP contribution in [-0.4, -0.2) is 178 Å². The van der Waals surface area contributed by atoms with Gasteiger partial charge in [-0.2, -0.15) is 18.6 Å². The van der Waals surface area contributed by atoms with Crippen molar-refractivity contribution in [1.29, 1.82) is 0 Å². The van der Waals surface area contributed by atoms with Crippen molar-refractivity contribution in [1.82, 2.24) is 14.7 Å². The van der Waals surface area contributed by atoms with Gasteiger partial charge in [-0.15, -0.1) is 0 Å². The highest BCUT2D eigenvalue weighted by atomic mass is 16.6. The lowest BCUT2D eigenvalue weighted by molar-refractivity contribution is -0.166. The largest absolute Gasteiger partial charge is 0.538 e. The molecule has 17 nitrogen and oxygen atoms in total. The SMILES string of the molecule is COC[C@@H](C(=O)O[C@@H]1C/C=C/[CH-]/C=C(\O)O[C@H]([C@@H](C)[C@@H](O)[C@@H](C)CC[C@@H](OC(=O)[C@H](C)N(C)C)[C@H](C)[C@H](OC(C)=O)[C@H](C)/C=C/N(C)C=O)C/C=C/[C@H](OC)C[C@H](C)C/C=C(\C)[C@@H](OC)CC[C@@H](C)[C@@H](O)[C@@H]1C)N(C)C. The molecule has 3 N–H and O–H groups in total. The van der Waals surface area contributed by atoms with Crippen LogP contribution >= 0.6 is 0 Å². The molecule has 0 aromatic carbocycles. The van der Waals surface area contributed by atoms with Crippen molar-refractivity contribution < 1.29 is 67.7 Å². The molecule has 0 unspecified atom stereocenters. The van der Waals surface area contributed by atoms with Crippen LogP contribution in [0.25, 0.3) is 0 Å². The summed E-state index contributed by atoms with van der Waals surface area (Å²) in [6, 6.07) is -1.21. The van der Waals surface area contributed by atoms with E-state index in [4.69, 9.17) is 33.2 Å². The smallest absolute Gasteiger partial charge is 0.326 e. The van der Waals surface area contributed by atoms with E-state index in [0.29, 0.717) is 38.5 Å². The fourth-order valence-corrected chi connectivity index (χ4v) is 9.40.